The summed E-state index contributed by atoms with van der Waals surface area (Å²) in [5.74, 6) is 1.32. The summed E-state index contributed by atoms with van der Waals surface area (Å²) in [7, 11) is 3.12. The van der Waals surface area contributed by atoms with Gasteiger partial charge in [0.15, 0.2) is 5.76 Å². The van der Waals surface area contributed by atoms with Crippen molar-refractivity contribution < 1.29 is 28.5 Å². The number of allylic oxidation sites excluding steroid dienone is 1. The molecule has 0 amide bonds. The first kappa shape index (κ1) is 24.1. The van der Waals surface area contributed by atoms with Crippen LogP contribution in [0.5, 0.6) is 23.0 Å². The van der Waals surface area contributed by atoms with Crippen LogP contribution >= 0.6 is 0 Å². The Kier molecular flexibility index (Phi) is 6.39. The van der Waals surface area contributed by atoms with Crippen LogP contribution in [0.25, 0.3) is 6.08 Å². The number of methoxy groups -OCH3 is 2. The lowest BCUT2D eigenvalue weighted by atomic mass is 9.87. The third kappa shape index (κ3) is 4.78. The molecule has 0 fully saturated rings. The van der Waals surface area contributed by atoms with E-state index in [4.69, 9.17) is 18.9 Å². The molecule has 6 heteroatoms. The number of benzene rings is 3. The topological polar surface area (TPSA) is 71.1 Å². The smallest absolute Gasteiger partial charge is 0.343 e. The van der Waals surface area contributed by atoms with Crippen LogP contribution < -0.4 is 18.9 Å². The second-order valence-electron chi connectivity index (χ2n) is 9.33. The van der Waals surface area contributed by atoms with E-state index in [1.807, 2.05) is 12.1 Å². The normalized spacial score (nSPS) is 13.9. The van der Waals surface area contributed by atoms with Gasteiger partial charge in [0.1, 0.15) is 23.0 Å². The Morgan fingerprint density at radius 2 is 1.60 bits per heavy atom. The standard InChI is InChI=1S/C29H28O6/c1-17-23(35-28(31)18-7-9-20(10-8-18)29(2,3)4)14-12-22-26(30)25(34-27(17)22)16-19-15-21(32-5)11-13-24(19)33-6/h7-16H,1-6H3/b25-16-. The summed E-state index contributed by atoms with van der Waals surface area (Å²) in [6, 6.07) is 15.9. The largest absolute Gasteiger partial charge is 0.497 e. The molecule has 1 heterocycles. The molecule has 35 heavy (non-hydrogen) atoms. The van der Waals surface area contributed by atoms with Crippen LogP contribution in [0, 0.1) is 6.92 Å². The number of esters is 1. The van der Waals surface area contributed by atoms with Crippen molar-refractivity contribution in [1.82, 2.24) is 0 Å². The molecule has 1 aliphatic rings. The highest BCUT2D eigenvalue weighted by Crippen LogP contribution is 2.40. The van der Waals surface area contributed by atoms with Crippen LogP contribution in [-0.2, 0) is 5.41 Å². The van der Waals surface area contributed by atoms with Crippen LogP contribution in [0.3, 0.4) is 0 Å². The molecule has 0 radical (unpaired) electrons. The fraction of sp³-hybridized carbons (Fsp3) is 0.241. The van der Waals surface area contributed by atoms with Crippen molar-refractivity contribution in [3.05, 3.63) is 88.2 Å². The summed E-state index contributed by atoms with van der Waals surface area (Å²) >= 11 is 0. The maximum atomic E-state index is 13.0. The molecule has 0 unspecified atom stereocenters. The van der Waals surface area contributed by atoms with Crippen molar-refractivity contribution in [3.8, 4) is 23.0 Å². The van der Waals surface area contributed by atoms with Crippen LogP contribution in [0.2, 0.25) is 0 Å². The molecule has 0 aliphatic carbocycles. The Morgan fingerprint density at radius 3 is 2.23 bits per heavy atom. The predicted octanol–water partition coefficient (Wildman–Crippen LogP) is 6.15. The number of fused-ring (bicyclic) bond motifs is 1. The number of hydrogen-bond donors (Lipinski definition) is 0. The van der Waals surface area contributed by atoms with Gasteiger partial charge >= 0.3 is 5.97 Å². The molecule has 0 bridgehead atoms. The van der Waals surface area contributed by atoms with Gasteiger partial charge in [-0.1, -0.05) is 32.9 Å². The second kappa shape index (κ2) is 9.29. The highest BCUT2D eigenvalue weighted by molar-refractivity contribution is 6.15. The van der Waals surface area contributed by atoms with Gasteiger partial charge < -0.3 is 18.9 Å². The van der Waals surface area contributed by atoms with E-state index in [9.17, 15) is 9.59 Å². The van der Waals surface area contributed by atoms with Crippen molar-refractivity contribution in [2.45, 2.75) is 33.1 Å². The maximum absolute atomic E-state index is 13.0. The highest BCUT2D eigenvalue weighted by atomic mass is 16.5. The van der Waals surface area contributed by atoms with E-state index in [-0.39, 0.29) is 17.0 Å². The maximum Gasteiger partial charge on any atom is 0.343 e. The third-order valence-electron chi connectivity index (χ3n) is 5.95. The number of carbonyl (C=O) groups is 2. The van der Waals surface area contributed by atoms with Crippen LogP contribution in [0.4, 0.5) is 0 Å². The van der Waals surface area contributed by atoms with Crippen molar-refractivity contribution in [1.29, 1.82) is 0 Å². The number of ether oxygens (including phenoxy) is 4. The fourth-order valence-electron chi connectivity index (χ4n) is 3.84. The zero-order chi connectivity index (χ0) is 25.3. The minimum Gasteiger partial charge on any atom is -0.497 e. The van der Waals surface area contributed by atoms with Gasteiger partial charge in [-0.3, -0.25) is 4.79 Å². The lowest BCUT2D eigenvalue weighted by molar-refractivity contribution is 0.0733. The first-order chi connectivity index (χ1) is 16.6. The molecule has 0 saturated heterocycles. The fourth-order valence-corrected chi connectivity index (χ4v) is 3.84. The Labute approximate surface area is 205 Å². The monoisotopic (exact) mass is 472 g/mol. The summed E-state index contributed by atoms with van der Waals surface area (Å²) in [4.78, 5) is 25.8. The Hall–Kier alpha value is -4.06. The summed E-state index contributed by atoms with van der Waals surface area (Å²) < 4.78 is 22.3. The van der Waals surface area contributed by atoms with Crippen molar-refractivity contribution in [2.24, 2.45) is 0 Å². The zero-order valence-electron chi connectivity index (χ0n) is 20.7. The van der Waals surface area contributed by atoms with Gasteiger partial charge in [-0.05, 0) is 66.4 Å². The summed E-state index contributed by atoms with van der Waals surface area (Å²) in [6.07, 6.45) is 1.62. The molecule has 180 valence electrons. The van der Waals surface area contributed by atoms with Gasteiger partial charge in [0.25, 0.3) is 0 Å². The lowest BCUT2D eigenvalue weighted by Gasteiger charge is -2.19. The average molecular weight is 473 g/mol. The van der Waals surface area contributed by atoms with E-state index >= 15 is 0 Å². The third-order valence-corrected chi connectivity index (χ3v) is 5.95. The Balaban J connectivity index is 1.59. The number of rotatable bonds is 5. The number of carbonyl (C=O) groups excluding carboxylic acids is 2. The van der Waals surface area contributed by atoms with Gasteiger partial charge in [0, 0.05) is 11.1 Å². The summed E-state index contributed by atoms with van der Waals surface area (Å²) in [6.45, 7) is 8.10. The molecule has 1 aliphatic heterocycles. The van der Waals surface area contributed by atoms with Gasteiger partial charge in [0.2, 0.25) is 5.78 Å². The molecule has 0 saturated carbocycles. The predicted molar refractivity (Wildman–Crippen MR) is 134 cm³/mol. The quantitative estimate of drug-likeness (QED) is 0.252. The molecule has 4 rings (SSSR count). The highest BCUT2D eigenvalue weighted by Gasteiger charge is 2.31. The van der Waals surface area contributed by atoms with E-state index in [0.29, 0.717) is 45.3 Å². The van der Waals surface area contributed by atoms with E-state index in [2.05, 4.69) is 20.8 Å². The molecule has 3 aromatic rings. The number of Topliss-reactive ketones (excluding diaryl/α,β-unsaturated/α-hetero) is 1. The first-order valence-corrected chi connectivity index (χ1v) is 11.2. The van der Waals surface area contributed by atoms with Crippen molar-refractivity contribution in [3.63, 3.8) is 0 Å². The summed E-state index contributed by atoms with van der Waals surface area (Å²) in [5.41, 5.74) is 3.18. The minimum absolute atomic E-state index is 0.0109. The number of ketones is 1. The first-order valence-electron chi connectivity index (χ1n) is 11.2. The van der Waals surface area contributed by atoms with E-state index < -0.39 is 5.97 Å². The Bertz CT molecular complexity index is 1330. The van der Waals surface area contributed by atoms with E-state index in [0.717, 1.165) is 5.56 Å². The van der Waals surface area contributed by atoms with Crippen LogP contribution in [0.15, 0.2) is 60.4 Å². The molecule has 0 aromatic heterocycles. The van der Waals surface area contributed by atoms with Crippen molar-refractivity contribution >= 4 is 17.8 Å². The molecule has 0 N–H and O–H groups in total. The van der Waals surface area contributed by atoms with Crippen molar-refractivity contribution in [2.75, 3.05) is 14.2 Å². The zero-order valence-corrected chi connectivity index (χ0v) is 20.7. The van der Waals surface area contributed by atoms with E-state index in [1.165, 1.54) is 0 Å². The van der Waals surface area contributed by atoms with Crippen LogP contribution in [0.1, 0.15) is 58.2 Å². The molecule has 0 atom stereocenters. The second-order valence-corrected chi connectivity index (χ2v) is 9.33. The van der Waals surface area contributed by atoms with E-state index in [1.54, 1.807) is 69.7 Å². The summed E-state index contributed by atoms with van der Waals surface area (Å²) in [5, 5.41) is 0. The van der Waals surface area contributed by atoms with Gasteiger partial charge in [0.05, 0.1) is 25.3 Å². The molecule has 3 aromatic carbocycles. The SMILES string of the molecule is COc1ccc(OC)c(/C=C2\Oc3c(ccc(OC(=O)c4ccc(C(C)(C)C)cc4)c3C)C2=O)c1. The lowest BCUT2D eigenvalue weighted by Crippen LogP contribution is -2.13. The molecular formula is C29H28O6. The van der Waals surface area contributed by atoms with Gasteiger partial charge in [-0.15, -0.1) is 0 Å². The minimum atomic E-state index is -0.477. The van der Waals surface area contributed by atoms with Gasteiger partial charge in [-0.2, -0.15) is 0 Å². The molecule has 6 nitrogen and oxygen atoms in total. The van der Waals surface area contributed by atoms with Crippen LogP contribution in [-0.4, -0.2) is 26.0 Å². The number of hydrogen-bond acceptors (Lipinski definition) is 6. The molecular weight excluding hydrogens is 444 g/mol. The molecule has 0 spiro atoms. The average Bonchev–Trinajstić information content (AvgIpc) is 3.16. The Morgan fingerprint density at radius 1 is 0.914 bits per heavy atom. The van der Waals surface area contributed by atoms with Gasteiger partial charge in [-0.25, -0.2) is 4.79 Å².